The second kappa shape index (κ2) is 7.80. The van der Waals surface area contributed by atoms with Gasteiger partial charge in [-0.2, -0.15) is 0 Å². The van der Waals surface area contributed by atoms with Crippen LogP contribution in [-0.2, 0) is 11.3 Å². The Morgan fingerprint density at radius 3 is 2.62 bits per heavy atom. The maximum absolute atomic E-state index is 13.4. The zero-order valence-corrected chi connectivity index (χ0v) is 18.0. The molecule has 1 amide bonds. The predicted octanol–water partition coefficient (Wildman–Crippen LogP) is 5.71. The zero-order chi connectivity index (χ0) is 22.4. The summed E-state index contributed by atoms with van der Waals surface area (Å²) in [6.45, 7) is 0.0401. The van der Waals surface area contributed by atoms with E-state index in [1.807, 2.05) is 0 Å². The average molecular weight is 496 g/mol. The normalized spacial score (nSPS) is 16.4. The Bertz CT molecular complexity index is 1370. The number of furan rings is 2. The number of carbonyl (C=O) groups is 2. The summed E-state index contributed by atoms with van der Waals surface area (Å²) in [5.74, 6) is -2.11. The van der Waals surface area contributed by atoms with Crippen molar-refractivity contribution >= 4 is 38.6 Å². The average Bonchev–Trinajstić information content (AvgIpc) is 3.50. The number of Topliss-reactive ketones (excluding diaryl/α,β-unsaturated/α-hetero) is 1. The summed E-state index contributed by atoms with van der Waals surface area (Å²) in [7, 11) is 0. The highest BCUT2D eigenvalue weighted by Gasteiger charge is 2.45. The Labute approximate surface area is 189 Å². The van der Waals surface area contributed by atoms with Gasteiger partial charge >= 0.3 is 0 Å². The van der Waals surface area contributed by atoms with Gasteiger partial charge in [-0.1, -0.05) is 28.1 Å². The van der Waals surface area contributed by atoms with Gasteiger partial charge in [0.15, 0.2) is 11.5 Å². The van der Waals surface area contributed by atoms with E-state index in [0.717, 1.165) is 4.47 Å². The number of aliphatic hydroxyl groups is 1. The van der Waals surface area contributed by atoms with E-state index in [9.17, 15) is 19.1 Å². The third-order valence-electron chi connectivity index (χ3n) is 5.33. The number of aliphatic hydroxyl groups excluding tert-OH is 1. The molecular weight excluding hydrogens is 481 g/mol. The first-order valence-electron chi connectivity index (χ1n) is 9.68. The molecule has 5 rings (SSSR count). The van der Waals surface area contributed by atoms with Crippen LogP contribution >= 0.6 is 15.9 Å². The third-order valence-corrected chi connectivity index (χ3v) is 5.82. The second-order valence-corrected chi connectivity index (χ2v) is 8.28. The molecule has 0 radical (unpaired) electrons. The van der Waals surface area contributed by atoms with Crippen LogP contribution in [0.1, 0.15) is 27.9 Å². The van der Waals surface area contributed by atoms with Gasteiger partial charge in [0.1, 0.15) is 23.2 Å². The highest BCUT2D eigenvalue weighted by Crippen LogP contribution is 2.40. The number of hydrogen-bond donors (Lipinski definition) is 1. The van der Waals surface area contributed by atoms with Crippen LogP contribution in [0.2, 0.25) is 0 Å². The lowest BCUT2D eigenvalue weighted by atomic mass is 9.99. The first kappa shape index (κ1) is 20.3. The molecule has 160 valence electrons. The van der Waals surface area contributed by atoms with Gasteiger partial charge in [-0.05, 0) is 54.1 Å². The lowest BCUT2D eigenvalue weighted by molar-refractivity contribution is -0.130. The van der Waals surface area contributed by atoms with Crippen LogP contribution in [0.4, 0.5) is 4.39 Å². The van der Waals surface area contributed by atoms with Gasteiger partial charge in [0.05, 0.1) is 11.8 Å². The monoisotopic (exact) mass is 495 g/mol. The number of benzene rings is 2. The summed E-state index contributed by atoms with van der Waals surface area (Å²) in [5.41, 5.74) is 0.996. The van der Waals surface area contributed by atoms with Gasteiger partial charge in [0, 0.05) is 16.4 Å². The first-order chi connectivity index (χ1) is 15.4. The Kier molecular flexibility index (Phi) is 4.94. The Balaban J connectivity index is 1.56. The molecule has 32 heavy (non-hydrogen) atoms. The van der Waals surface area contributed by atoms with Crippen molar-refractivity contribution in [1.29, 1.82) is 0 Å². The molecule has 0 saturated carbocycles. The smallest absolute Gasteiger partial charge is 0.290 e. The number of nitrogens with zero attached hydrogens (tertiary/aromatic N) is 1. The van der Waals surface area contributed by atoms with Gasteiger partial charge in [0.2, 0.25) is 5.78 Å². The van der Waals surface area contributed by atoms with Crippen molar-refractivity contribution in [3.63, 3.8) is 0 Å². The molecular formula is C24H15BrFNO5. The summed E-state index contributed by atoms with van der Waals surface area (Å²) >= 11 is 3.38. The van der Waals surface area contributed by atoms with E-state index in [1.165, 1.54) is 35.4 Å². The van der Waals surface area contributed by atoms with Crippen LogP contribution in [0.5, 0.6) is 0 Å². The summed E-state index contributed by atoms with van der Waals surface area (Å²) in [6.07, 6.45) is 1.42. The van der Waals surface area contributed by atoms with Crippen molar-refractivity contribution in [3.8, 4) is 0 Å². The van der Waals surface area contributed by atoms with E-state index in [0.29, 0.717) is 22.3 Å². The molecule has 0 saturated heterocycles. The first-order valence-corrected chi connectivity index (χ1v) is 10.5. The molecule has 1 aliphatic rings. The molecule has 0 bridgehead atoms. The fraction of sp³-hybridized carbons (Fsp3) is 0.0833. The fourth-order valence-corrected chi connectivity index (χ4v) is 4.22. The SMILES string of the molecule is O=C(C1=C(O)C(=O)N(Cc2ccc(F)cc2)C1c1ccco1)c1cc2cc(Br)ccc2o1. The maximum Gasteiger partial charge on any atom is 0.290 e. The molecule has 0 spiro atoms. The standard InChI is InChI=1S/C24H15BrFNO5/c25-15-5-8-17-14(10-15)11-19(32-17)22(28)20-21(18-2-1-9-31-18)27(24(30)23(20)29)12-13-3-6-16(26)7-4-13/h1-11,21,29H,12H2. The van der Waals surface area contributed by atoms with E-state index in [1.54, 1.807) is 36.4 Å². The van der Waals surface area contributed by atoms with Crippen molar-refractivity contribution in [2.24, 2.45) is 0 Å². The summed E-state index contributed by atoms with van der Waals surface area (Å²) < 4.78 is 25.3. The third kappa shape index (κ3) is 3.42. The summed E-state index contributed by atoms with van der Waals surface area (Å²) in [6, 6.07) is 14.8. The van der Waals surface area contributed by atoms with Gasteiger partial charge in [-0.15, -0.1) is 0 Å². The Morgan fingerprint density at radius 2 is 1.91 bits per heavy atom. The molecule has 2 aromatic heterocycles. The number of rotatable bonds is 5. The molecule has 1 atom stereocenters. The van der Waals surface area contributed by atoms with Crippen molar-refractivity contribution in [1.82, 2.24) is 4.90 Å². The largest absolute Gasteiger partial charge is 0.503 e. The number of carbonyl (C=O) groups excluding carboxylic acids is 2. The van der Waals surface area contributed by atoms with Crippen LogP contribution in [0, 0.1) is 5.82 Å². The van der Waals surface area contributed by atoms with E-state index in [2.05, 4.69) is 15.9 Å². The maximum atomic E-state index is 13.4. The van der Waals surface area contributed by atoms with Crippen LogP contribution in [0.3, 0.4) is 0 Å². The summed E-state index contributed by atoms with van der Waals surface area (Å²) in [4.78, 5) is 27.7. The number of fused-ring (bicyclic) bond motifs is 1. The van der Waals surface area contributed by atoms with Gasteiger partial charge in [-0.3, -0.25) is 9.59 Å². The summed E-state index contributed by atoms with van der Waals surface area (Å²) in [5, 5.41) is 11.4. The highest BCUT2D eigenvalue weighted by molar-refractivity contribution is 9.10. The zero-order valence-electron chi connectivity index (χ0n) is 16.4. The highest BCUT2D eigenvalue weighted by atomic mass is 79.9. The van der Waals surface area contributed by atoms with E-state index >= 15 is 0 Å². The van der Waals surface area contributed by atoms with Crippen molar-refractivity contribution in [2.45, 2.75) is 12.6 Å². The molecule has 4 aromatic rings. The molecule has 0 aliphatic carbocycles. The van der Waals surface area contributed by atoms with E-state index in [4.69, 9.17) is 8.83 Å². The molecule has 8 heteroatoms. The van der Waals surface area contributed by atoms with Crippen molar-refractivity contribution < 1.29 is 27.9 Å². The number of amides is 1. The molecule has 6 nitrogen and oxygen atoms in total. The molecule has 1 aliphatic heterocycles. The minimum Gasteiger partial charge on any atom is -0.503 e. The van der Waals surface area contributed by atoms with Gasteiger partial charge < -0.3 is 18.8 Å². The van der Waals surface area contributed by atoms with Gasteiger partial charge in [0.25, 0.3) is 5.91 Å². The van der Waals surface area contributed by atoms with E-state index in [-0.39, 0.29) is 17.9 Å². The Morgan fingerprint density at radius 1 is 1.12 bits per heavy atom. The second-order valence-electron chi connectivity index (χ2n) is 7.36. The van der Waals surface area contributed by atoms with E-state index < -0.39 is 29.3 Å². The van der Waals surface area contributed by atoms with Crippen LogP contribution in [0.25, 0.3) is 11.0 Å². The molecule has 3 heterocycles. The minimum atomic E-state index is -0.963. The quantitative estimate of drug-likeness (QED) is 0.358. The van der Waals surface area contributed by atoms with Crippen molar-refractivity contribution in [3.05, 3.63) is 106 Å². The number of halogens is 2. The minimum absolute atomic E-state index is 0.00682. The molecule has 1 N–H and O–H groups in total. The lowest BCUT2D eigenvalue weighted by Gasteiger charge is -2.24. The number of ketones is 1. The topological polar surface area (TPSA) is 83.9 Å². The molecule has 1 unspecified atom stereocenters. The fourth-order valence-electron chi connectivity index (χ4n) is 3.84. The Hall–Kier alpha value is -3.65. The van der Waals surface area contributed by atoms with Crippen molar-refractivity contribution in [2.75, 3.05) is 0 Å². The predicted molar refractivity (Wildman–Crippen MR) is 116 cm³/mol. The van der Waals surface area contributed by atoms with Gasteiger partial charge in [-0.25, -0.2) is 4.39 Å². The van der Waals surface area contributed by atoms with Crippen LogP contribution < -0.4 is 0 Å². The molecule has 0 fully saturated rings. The van der Waals surface area contributed by atoms with Crippen LogP contribution in [0.15, 0.2) is 91.6 Å². The lowest BCUT2D eigenvalue weighted by Crippen LogP contribution is -2.30. The number of hydrogen-bond acceptors (Lipinski definition) is 5. The van der Waals surface area contributed by atoms with Crippen LogP contribution in [-0.4, -0.2) is 21.7 Å². The molecule has 2 aromatic carbocycles.